The topological polar surface area (TPSA) is 92.9 Å². The van der Waals surface area contributed by atoms with E-state index >= 15 is 0 Å². The molecule has 6 rings (SSSR count). The first-order valence-electron chi connectivity index (χ1n) is 10.1. The Morgan fingerprint density at radius 3 is 2.89 bits per heavy atom. The zero-order valence-electron chi connectivity index (χ0n) is 15.2. The van der Waals surface area contributed by atoms with E-state index < -0.39 is 23.0 Å². The minimum Gasteiger partial charge on any atom is -0.480 e. The molecule has 1 amide bonds. The van der Waals surface area contributed by atoms with Gasteiger partial charge in [0.05, 0.1) is 16.6 Å². The predicted molar refractivity (Wildman–Crippen MR) is 96.7 cm³/mol. The summed E-state index contributed by atoms with van der Waals surface area (Å²) in [7, 11) is 0. The van der Waals surface area contributed by atoms with E-state index in [1.165, 1.54) is 12.8 Å². The van der Waals surface area contributed by atoms with Gasteiger partial charge in [-0.1, -0.05) is 6.07 Å². The molecule has 1 saturated heterocycles. The van der Waals surface area contributed by atoms with Crippen LogP contribution in [0.1, 0.15) is 53.6 Å². The molecule has 4 atom stereocenters. The number of carbonyl (C=O) groups excluding carboxylic acids is 2. The maximum atomic E-state index is 12.8. The molecular formula is C21H24N2O4. The lowest BCUT2D eigenvalue weighted by Crippen LogP contribution is -2.76. The van der Waals surface area contributed by atoms with Crippen LogP contribution in [0, 0.1) is 5.92 Å². The van der Waals surface area contributed by atoms with Gasteiger partial charge in [-0.2, -0.15) is 0 Å². The van der Waals surface area contributed by atoms with Gasteiger partial charge in [0.15, 0.2) is 11.9 Å². The molecule has 0 aromatic heterocycles. The van der Waals surface area contributed by atoms with Crippen molar-refractivity contribution in [3.8, 4) is 5.75 Å². The highest BCUT2D eigenvalue weighted by molar-refractivity contribution is 5.98. The summed E-state index contributed by atoms with van der Waals surface area (Å²) in [6.45, 7) is 1.89. The second-order valence-corrected chi connectivity index (χ2v) is 9.11. The van der Waals surface area contributed by atoms with Crippen LogP contribution in [0.2, 0.25) is 0 Å². The van der Waals surface area contributed by atoms with Gasteiger partial charge in [0.1, 0.15) is 5.75 Å². The van der Waals surface area contributed by atoms with Crippen molar-refractivity contribution < 1.29 is 19.4 Å². The monoisotopic (exact) mass is 368 g/mol. The van der Waals surface area contributed by atoms with E-state index in [1.807, 2.05) is 6.07 Å². The van der Waals surface area contributed by atoms with Gasteiger partial charge in [-0.05, 0) is 56.2 Å². The average molecular weight is 368 g/mol. The van der Waals surface area contributed by atoms with Crippen LogP contribution in [-0.2, 0) is 16.6 Å². The molecule has 2 aliphatic heterocycles. The Balaban J connectivity index is 1.58. The molecule has 3 aliphatic carbocycles. The second kappa shape index (κ2) is 4.92. The third kappa shape index (κ3) is 1.79. The summed E-state index contributed by atoms with van der Waals surface area (Å²) in [5.74, 6) is 0.686. The Bertz CT molecular complexity index is 894. The van der Waals surface area contributed by atoms with E-state index in [0.717, 1.165) is 36.6 Å². The number of primary amides is 1. The molecule has 2 heterocycles. The van der Waals surface area contributed by atoms with Gasteiger partial charge in [0.25, 0.3) is 5.91 Å². The number of benzene rings is 1. The van der Waals surface area contributed by atoms with Crippen LogP contribution in [0.15, 0.2) is 12.1 Å². The summed E-state index contributed by atoms with van der Waals surface area (Å²) in [5.41, 5.74) is 6.17. The highest BCUT2D eigenvalue weighted by atomic mass is 16.5. The van der Waals surface area contributed by atoms with Gasteiger partial charge in [-0.15, -0.1) is 0 Å². The molecule has 1 aromatic carbocycles. The Labute approximate surface area is 157 Å². The SMILES string of the molecule is NC(=O)c1ccc2c3c1O[C@@H]1C(=O)CCC4(O)[C@@H](C2)N(CC2CC2)CC[C@]314. The Kier molecular flexibility index (Phi) is 2.93. The zero-order valence-corrected chi connectivity index (χ0v) is 15.2. The molecule has 27 heavy (non-hydrogen) atoms. The number of hydrogen-bond acceptors (Lipinski definition) is 5. The number of hydrogen-bond donors (Lipinski definition) is 2. The molecule has 3 fully saturated rings. The smallest absolute Gasteiger partial charge is 0.252 e. The molecule has 1 unspecified atom stereocenters. The molecule has 3 N–H and O–H groups in total. The summed E-state index contributed by atoms with van der Waals surface area (Å²) >= 11 is 0. The van der Waals surface area contributed by atoms with Crippen LogP contribution >= 0.6 is 0 Å². The standard InChI is InChI=1S/C21H24N2O4/c22-19(25)13-4-3-12-9-15-21(26)6-5-14(24)18-20(21,16(12)17(13)27-18)7-8-23(15)10-11-1-2-11/h3-4,11,15,18,26H,1-2,5-10H2,(H2,22,25)/t15-,18-,20+,21?/m1/s1. The Hall–Kier alpha value is -1.92. The van der Waals surface area contributed by atoms with Crippen molar-refractivity contribution in [2.45, 2.75) is 61.7 Å². The largest absolute Gasteiger partial charge is 0.480 e. The fraction of sp³-hybridized carbons (Fsp3) is 0.619. The lowest BCUT2D eigenvalue weighted by molar-refractivity contribution is -0.188. The number of aliphatic hydroxyl groups is 1. The average Bonchev–Trinajstić information content (AvgIpc) is 3.37. The van der Waals surface area contributed by atoms with Crippen molar-refractivity contribution in [1.82, 2.24) is 4.90 Å². The number of ketones is 1. The lowest BCUT2D eigenvalue weighted by atomic mass is 9.49. The number of ether oxygens (including phenoxy) is 1. The summed E-state index contributed by atoms with van der Waals surface area (Å²) < 4.78 is 6.15. The maximum absolute atomic E-state index is 12.8. The normalized spacial score (nSPS) is 39.1. The maximum Gasteiger partial charge on any atom is 0.252 e. The molecule has 2 saturated carbocycles. The van der Waals surface area contributed by atoms with E-state index in [9.17, 15) is 14.7 Å². The van der Waals surface area contributed by atoms with Crippen molar-refractivity contribution in [2.75, 3.05) is 13.1 Å². The van der Waals surface area contributed by atoms with Crippen molar-refractivity contribution >= 4 is 11.7 Å². The van der Waals surface area contributed by atoms with Gasteiger partial charge in [-0.3, -0.25) is 14.5 Å². The molecule has 0 radical (unpaired) electrons. The number of piperidine rings is 1. The Morgan fingerprint density at radius 1 is 1.33 bits per heavy atom. The van der Waals surface area contributed by atoms with Gasteiger partial charge in [0.2, 0.25) is 0 Å². The second-order valence-electron chi connectivity index (χ2n) is 9.11. The number of amides is 1. The third-order valence-corrected chi connectivity index (χ3v) is 7.84. The van der Waals surface area contributed by atoms with Crippen LogP contribution in [0.3, 0.4) is 0 Å². The van der Waals surface area contributed by atoms with E-state index in [1.54, 1.807) is 6.07 Å². The molecular weight excluding hydrogens is 344 g/mol. The molecule has 1 spiro atoms. The van der Waals surface area contributed by atoms with Gasteiger partial charge >= 0.3 is 0 Å². The quantitative estimate of drug-likeness (QED) is 0.828. The number of carbonyl (C=O) groups is 2. The van der Waals surface area contributed by atoms with Crippen molar-refractivity contribution in [3.63, 3.8) is 0 Å². The number of nitrogens with two attached hydrogens (primary N) is 1. The zero-order chi connectivity index (χ0) is 18.6. The van der Waals surface area contributed by atoms with Crippen LogP contribution < -0.4 is 10.5 Å². The highest BCUT2D eigenvalue weighted by Crippen LogP contribution is 2.64. The number of likely N-dealkylation sites (tertiary alicyclic amines) is 1. The van der Waals surface area contributed by atoms with Gasteiger partial charge in [0, 0.05) is 24.6 Å². The summed E-state index contributed by atoms with van der Waals surface area (Å²) in [5, 5.41) is 12.1. The summed E-state index contributed by atoms with van der Waals surface area (Å²) in [6, 6.07) is 3.68. The fourth-order valence-electron chi connectivity index (χ4n) is 6.47. The summed E-state index contributed by atoms with van der Waals surface area (Å²) in [6.07, 6.45) is 4.07. The van der Waals surface area contributed by atoms with Crippen molar-refractivity contribution in [3.05, 3.63) is 28.8 Å². The number of rotatable bonds is 3. The third-order valence-electron chi connectivity index (χ3n) is 7.84. The van der Waals surface area contributed by atoms with Crippen LogP contribution in [0.25, 0.3) is 0 Å². The Morgan fingerprint density at radius 2 is 2.15 bits per heavy atom. The van der Waals surface area contributed by atoms with Crippen LogP contribution in [-0.4, -0.2) is 52.5 Å². The lowest BCUT2D eigenvalue weighted by Gasteiger charge is -2.62. The molecule has 1 aromatic rings. The highest BCUT2D eigenvalue weighted by Gasteiger charge is 2.73. The van der Waals surface area contributed by atoms with E-state index in [0.29, 0.717) is 30.6 Å². The number of Topliss-reactive ketones (excluding diaryl/α,β-unsaturated/α-hetero) is 1. The van der Waals surface area contributed by atoms with Crippen LogP contribution in [0.4, 0.5) is 0 Å². The van der Waals surface area contributed by atoms with Crippen LogP contribution in [0.5, 0.6) is 5.75 Å². The molecule has 142 valence electrons. The van der Waals surface area contributed by atoms with Crippen molar-refractivity contribution in [1.29, 1.82) is 0 Å². The first-order chi connectivity index (χ1) is 13.0. The van der Waals surface area contributed by atoms with Crippen molar-refractivity contribution in [2.24, 2.45) is 11.7 Å². The predicted octanol–water partition coefficient (Wildman–Crippen LogP) is 0.919. The van der Waals surface area contributed by atoms with E-state index in [2.05, 4.69) is 4.90 Å². The molecule has 6 nitrogen and oxygen atoms in total. The summed E-state index contributed by atoms with van der Waals surface area (Å²) in [4.78, 5) is 27.3. The minimum atomic E-state index is -0.993. The molecule has 6 heteroatoms. The van der Waals surface area contributed by atoms with Gasteiger partial charge < -0.3 is 15.6 Å². The van der Waals surface area contributed by atoms with Gasteiger partial charge in [-0.25, -0.2) is 0 Å². The van der Waals surface area contributed by atoms with E-state index in [-0.39, 0.29) is 11.8 Å². The number of nitrogens with zero attached hydrogens (tertiary/aromatic N) is 1. The first-order valence-corrected chi connectivity index (χ1v) is 10.1. The fourth-order valence-corrected chi connectivity index (χ4v) is 6.47. The van der Waals surface area contributed by atoms with E-state index in [4.69, 9.17) is 10.5 Å². The first kappa shape index (κ1) is 16.1. The molecule has 5 aliphatic rings. The molecule has 2 bridgehead atoms. The minimum absolute atomic E-state index is 0.00364.